The van der Waals surface area contributed by atoms with Crippen LogP contribution in [0.15, 0.2) is 33.4 Å². The first-order valence-corrected chi connectivity index (χ1v) is 7.43. The van der Waals surface area contributed by atoms with E-state index in [0.29, 0.717) is 0 Å². The van der Waals surface area contributed by atoms with Gasteiger partial charge in [0.1, 0.15) is 5.82 Å². The lowest BCUT2D eigenvalue weighted by atomic mass is 9.98. The predicted molar refractivity (Wildman–Crippen MR) is 78.7 cm³/mol. The largest absolute Gasteiger partial charge is 0.313 e. The highest BCUT2D eigenvalue weighted by Crippen LogP contribution is 2.28. The highest BCUT2D eigenvalue weighted by Gasteiger charge is 2.13. The molecule has 2 rings (SSSR count). The van der Waals surface area contributed by atoms with Crippen molar-refractivity contribution in [2.45, 2.75) is 19.4 Å². The lowest BCUT2D eigenvalue weighted by Gasteiger charge is -2.16. The van der Waals surface area contributed by atoms with Gasteiger partial charge in [-0.2, -0.15) is 0 Å². The zero-order chi connectivity index (χ0) is 13.1. The predicted octanol–water partition coefficient (Wildman–Crippen LogP) is 4.46. The van der Waals surface area contributed by atoms with E-state index in [2.05, 4.69) is 32.7 Å². The molecule has 1 nitrogen and oxygen atoms in total. The first kappa shape index (κ1) is 13.7. The molecule has 0 aliphatic rings. The SMILES string of the molecule is CNC(Cc1cc(F)ccc1C)c1csc(Br)c1. The van der Waals surface area contributed by atoms with E-state index in [4.69, 9.17) is 0 Å². The first-order chi connectivity index (χ1) is 8.60. The van der Waals surface area contributed by atoms with E-state index < -0.39 is 0 Å². The number of likely N-dealkylation sites (N-methyl/N-ethyl adjacent to an activating group) is 1. The van der Waals surface area contributed by atoms with Crippen LogP contribution in [0.3, 0.4) is 0 Å². The van der Waals surface area contributed by atoms with Crippen LogP contribution in [0.1, 0.15) is 22.7 Å². The van der Waals surface area contributed by atoms with E-state index in [1.165, 1.54) is 11.6 Å². The van der Waals surface area contributed by atoms with Crippen molar-refractivity contribution in [1.82, 2.24) is 5.32 Å². The van der Waals surface area contributed by atoms with Crippen LogP contribution in [-0.2, 0) is 6.42 Å². The van der Waals surface area contributed by atoms with Crippen molar-refractivity contribution in [3.05, 3.63) is 55.9 Å². The van der Waals surface area contributed by atoms with Gasteiger partial charge in [0.25, 0.3) is 0 Å². The summed E-state index contributed by atoms with van der Waals surface area (Å²) in [5.74, 6) is -0.169. The molecule has 0 fully saturated rings. The van der Waals surface area contributed by atoms with E-state index in [1.807, 2.05) is 20.0 Å². The molecule has 2 aromatic rings. The second-order valence-corrected chi connectivity index (χ2v) is 6.59. The summed E-state index contributed by atoms with van der Waals surface area (Å²) in [7, 11) is 1.94. The van der Waals surface area contributed by atoms with Gasteiger partial charge in [-0.15, -0.1) is 11.3 Å². The molecule has 96 valence electrons. The number of hydrogen-bond acceptors (Lipinski definition) is 2. The van der Waals surface area contributed by atoms with Gasteiger partial charge in [-0.05, 0) is 76.6 Å². The molecule has 0 radical (unpaired) electrons. The molecule has 1 aromatic heterocycles. The Labute approximate surface area is 119 Å². The van der Waals surface area contributed by atoms with Crippen molar-refractivity contribution in [2.24, 2.45) is 0 Å². The van der Waals surface area contributed by atoms with E-state index in [9.17, 15) is 4.39 Å². The second-order valence-electron chi connectivity index (χ2n) is 4.30. The lowest BCUT2D eigenvalue weighted by molar-refractivity contribution is 0.584. The van der Waals surface area contributed by atoms with Crippen LogP contribution in [0.5, 0.6) is 0 Å². The minimum Gasteiger partial charge on any atom is -0.313 e. The Hall–Kier alpha value is -0.710. The average molecular weight is 328 g/mol. The average Bonchev–Trinajstić information content (AvgIpc) is 2.77. The summed E-state index contributed by atoms with van der Waals surface area (Å²) in [5, 5.41) is 5.42. The summed E-state index contributed by atoms with van der Waals surface area (Å²) < 4.78 is 14.4. The van der Waals surface area contributed by atoms with Crippen LogP contribution in [-0.4, -0.2) is 7.05 Å². The lowest BCUT2D eigenvalue weighted by Crippen LogP contribution is -2.18. The molecular formula is C14H15BrFNS. The molecule has 4 heteroatoms. The third kappa shape index (κ3) is 3.19. The van der Waals surface area contributed by atoms with Gasteiger partial charge in [-0.25, -0.2) is 4.39 Å². The fraction of sp³-hybridized carbons (Fsp3) is 0.286. The minimum atomic E-state index is -0.169. The van der Waals surface area contributed by atoms with Crippen LogP contribution in [0.25, 0.3) is 0 Å². The van der Waals surface area contributed by atoms with Gasteiger partial charge in [0.2, 0.25) is 0 Å². The Morgan fingerprint density at radius 2 is 2.17 bits per heavy atom. The molecule has 0 amide bonds. The Bertz CT molecular complexity index is 538. The third-order valence-electron chi connectivity index (χ3n) is 3.07. The molecule has 1 unspecified atom stereocenters. The molecule has 0 aliphatic heterocycles. The highest BCUT2D eigenvalue weighted by molar-refractivity contribution is 9.11. The number of thiophene rings is 1. The van der Waals surface area contributed by atoms with Crippen LogP contribution in [0.2, 0.25) is 0 Å². The Kier molecular flexibility index (Phi) is 4.54. The van der Waals surface area contributed by atoms with Crippen molar-refractivity contribution < 1.29 is 4.39 Å². The first-order valence-electron chi connectivity index (χ1n) is 5.76. The summed E-state index contributed by atoms with van der Waals surface area (Å²) in [6.45, 7) is 2.02. The van der Waals surface area contributed by atoms with Gasteiger partial charge in [0.05, 0.1) is 3.79 Å². The zero-order valence-corrected chi connectivity index (χ0v) is 12.7. The van der Waals surface area contributed by atoms with Crippen molar-refractivity contribution in [3.8, 4) is 0 Å². The van der Waals surface area contributed by atoms with Crippen LogP contribution in [0.4, 0.5) is 4.39 Å². The molecule has 0 bridgehead atoms. The quantitative estimate of drug-likeness (QED) is 0.874. The third-order valence-corrected chi connectivity index (χ3v) is 4.60. The summed E-state index contributed by atoms with van der Waals surface area (Å²) in [6, 6.07) is 7.30. The fourth-order valence-electron chi connectivity index (χ4n) is 1.97. The summed E-state index contributed by atoms with van der Waals surface area (Å²) >= 11 is 5.14. The molecule has 0 spiro atoms. The van der Waals surface area contributed by atoms with Crippen molar-refractivity contribution >= 4 is 27.3 Å². The number of benzene rings is 1. The molecule has 18 heavy (non-hydrogen) atoms. The van der Waals surface area contributed by atoms with E-state index >= 15 is 0 Å². The molecule has 0 saturated heterocycles. The molecule has 1 aromatic carbocycles. The summed E-state index contributed by atoms with van der Waals surface area (Å²) in [4.78, 5) is 0. The smallest absolute Gasteiger partial charge is 0.123 e. The molecular weight excluding hydrogens is 313 g/mol. The molecule has 1 heterocycles. The Balaban J connectivity index is 2.22. The maximum atomic E-state index is 13.3. The van der Waals surface area contributed by atoms with Crippen molar-refractivity contribution in [3.63, 3.8) is 0 Å². The van der Waals surface area contributed by atoms with Crippen LogP contribution < -0.4 is 5.32 Å². The van der Waals surface area contributed by atoms with Gasteiger partial charge in [0.15, 0.2) is 0 Å². The fourth-order valence-corrected chi connectivity index (χ4v) is 3.20. The molecule has 1 atom stereocenters. The molecule has 1 N–H and O–H groups in total. The topological polar surface area (TPSA) is 12.0 Å². The molecule has 0 aliphatic carbocycles. The van der Waals surface area contributed by atoms with Crippen molar-refractivity contribution in [1.29, 1.82) is 0 Å². The second kappa shape index (κ2) is 5.95. The molecule has 0 saturated carbocycles. The zero-order valence-electron chi connectivity index (χ0n) is 10.3. The standard InChI is InChI=1S/C14H15BrFNS/c1-9-3-4-12(16)5-10(9)6-13(17-2)11-7-14(15)18-8-11/h3-5,7-8,13,17H,6H2,1-2H3. The Morgan fingerprint density at radius 3 is 2.78 bits per heavy atom. The number of hydrogen-bond donors (Lipinski definition) is 1. The van der Waals surface area contributed by atoms with Crippen LogP contribution in [0, 0.1) is 12.7 Å². The van der Waals surface area contributed by atoms with E-state index in [1.54, 1.807) is 17.4 Å². The highest BCUT2D eigenvalue weighted by atomic mass is 79.9. The minimum absolute atomic E-state index is 0.169. The number of halogens is 2. The maximum Gasteiger partial charge on any atom is 0.123 e. The van der Waals surface area contributed by atoms with E-state index in [0.717, 1.165) is 21.3 Å². The van der Waals surface area contributed by atoms with Crippen molar-refractivity contribution in [2.75, 3.05) is 7.05 Å². The number of rotatable bonds is 4. The normalized spacial score (nSPS) is 12.7. The number of aryl methyl sites for hydroxylation is 1. The van der Waals surface area contributed by atoms with Gasteiger partial charge in [-0.1, -0.05) is 6.07 Å². The Morgan fingerprint density at radius 1 is 1.39 bits per heavy atom. The van der Waals surface area contributed by atoms with Gasteiger partial charge in [0, 0.05) is 6.04 Å². The maximum absolute atomic E-state index is 13.3. The van der Waals surface area contributed by atoms with Gasteiger partial charge < -0.3 is 5.32 Å². The number of nitrogens with one attached hydrogen (secondary N) is 1. The van der Waals surface area contributed by atoms with Crippen LogP contribution >= 0.6 is 27.3 Å². The summed E-state index contributed by atoms with van der Waals surface area (Å²) in [5.41, 5.74) is 3.42. The van der Waals surface area contributed by atoms with E-state index in [-0.39, 0.29) is 11.9 Å². The van der Waals surface area contributed by atoms with Gasteiger partial charge >= 0.3 is 0 Å². The monoisotopic (exact) mass is 327 g/mol. The van der Waals surface area contributed by atoms with Gasteiger partial charge in [-0.3, -0.25) is 0 Å². The summed E-state index contributed by atoms with van der Waals surface area (Å²) in [6.07, 6.45) is 0.795.